The van der Waals surface area contributed by atoms with Crippen molar-refractivity contribution in [2.45, 2.75) is 13.1 Å². The number of carbonyl (C=O) groups excluding carboxylic acids is 1. The lowest BCUT2D eigenvalue weighted by Gasteiger charge is -2.17. The molecular formula is C10H13N3O. The van der Waals surface area contributed by atoms with E-state index in [0.717, 1.165) is 0 Å². The van der Waals surface area contributed by atoms with E-state index in [4.69, 9.17) is 5.73 Å². The summed E-state index contributed by atoms with van der Waals surface area (Å²) in [6, 6.07) is 10.3. The van der Waals surface area contributed by atoms with Crippen LogP contribution in [0.1, 0.15) is 5.56 Å². The summed E-state index contributed by atoms with van der Waals surface area (Å²) >= 11 is 0. The molecule has 4 nitrogen and oxygen atoms in total. The van der Waals surface area contributed by atoms with Crippen LogP contribution in [0.3, 0.4) is 0 Å². The summed E-state index contributed by atoms with van der Waals surface area (Å²) in [7, 11) is 0. The predicted molar refractivity (Wildman–Crippen MR) is 55.8 cm³/mol. The SMILES string of the molecule is Cc1ccccc1.NC1=NC(C=O)N1. The highest BCUT2D eigenvalue weighted by atomic mass is 16.1. The van der Waals surface area contributed by atoms with Gasteiger partial charge in [-0.2, -0.15) is 0 Å². The molecule has 3 N–H and O–H groups in total. The minimum absolute atomic E-state index is 0.345. The molecule has 0 amide bonds. The van der Waals surface area contributed by atoms with Crippen molar-refractivity contribution in [1.29, 1.82) is 0 Å². The van der Waals surface area contributed by atoms with Crippen LogP contribution in [0.5, 0.6) is 0 Å². The molecule has 1 unspecified atom stereocenters. The number of nitrogens with one attached hydrogen (secondary N) is 1. The predicted octanol–water partition coefficient (Wildman–Crippen LogP) is 0.424. The highest BCUT2D eigenvalue weighted by Crippen LogP contribution is 1.92. The largest absolute Gasteiger partial charge is 0.370 e. The number of nitrogens with zero attached hydrogens (tertiary/aromatic N) is 1. The van der Waals surface area contributed by atoms with Gasteiger partial charge in [-0.05, 0) is 6.92 Å². The second-order valence-corrected chi connectivity index (χ2v) is 2.89. The first kappa shape index (κ1) is 10.2. The van der Waals surface area contributed by atoms with E-state index in [1.807, 2.05) is 18.2 Å². The van der Waals surface area contributed by atoms with Gasteiger partial charge in [0.2, 0.25) is 0 Å². The Kier molecular flexibility index (Phi) is 3.67. The van der Waals surface area contributed by atoms with Crippen molar-refractivity contribution in [1.82, 2.24) is 5.32 Å². The fraction of sp³-hybridized carbons (Fsp3) is 0.200. The summed E-state index contributed by atoms with van der Waals surface area (Å²) in [5.74, 6) is 0.345. The zero-order valence-electron chi connectivity index (χ0n) is 7.97. The van der Waals surface area contributed by atoms with Crippen molar-refractivity contribution in [3.63, 3.8) is 0 Å². The lowest BCUT2D eigenvalue weighted by molar-refractivity contribution is -0.109. The smallest absolute Gasteiger partial charge is 0.193 e. The Morgan fingerprint density at radius 2 is 2.00 bits per heavy atom. The van der Waals surface area contributed by atoms with Crippen molar-refractivity contribution in [2.24, 2.45) is 10.7 Å². The monoisotopic (exact) mass is 191 g/mol. The summed E-state index contributed by atoms with van der Waals surface area (Å²) in [5, 5.41) is 2.55. The first-order valence-electron chi connectivity index (χ1n) is 4.29. The number of aldehydes is 1. The van der Waals surface area contributed by atoms with Crippen LogP contribution in [0.2, 0.25) is 0 Å². The molecular weight excluding hydrogens is 178 g/mol. The van der Waals surface area contributed by atoms with Crippen LogP contribution in [-0.4, -0.2) is 18.4 Å². The second kappa shape index (κ2) is 5.01. The maximum Gasteiger partial charge on any atom is 0.193 e. The van der Waals surface area contributed by atoms with Crippen LogP contribution in [0.15, 0.2) is 35.3 Å². The molecule has 0 radical (unpaired) electrons. The van der Waals surface area contributed by atoms with Crippen molar-refractivity contribution in [3.8, 4) is 0 Å². The molecule has 1 aromatic rings. The molecule has 0 saturated heterocycles. The minimum atomic E-state index is -0.375. The Morgan fingerprint density at radius 1 is 1.43 bits per heavy atom. The highest BCUT2D eigenvalue weighted by Gasteiger charge is 2.13. The normalized spacial score (nSPS) is 17.8. The van der Waals surface area contributed by atoms with Crippen molar-refractivity contribution in [3.05, 3.63) is 35.9 Å². The number of guanidine groups is 1. The molecule has 0 fully saturated rings. The quantitative estimate of drug-likeness (QED) is 0.632. The zero-order chi connectivity index (χ0) is 10.4. The minimum Gasteiger partial charge on any atom is -0.370 e. The van der Waals surface area contributed by atoms with Gasteiger partial charge in [-0.3, -0.25) is 4.79 Å². The Morgan fingerprint density at radius 3 is 2.21 bits per heavy atom. The van der Waals surface area contributed by atoms with Gasteiger partial charge in [-0.1, -0.05) is 35.9 Å². The Labute approximate surface area is 82.8 Å². The van der Waals surface area contributed by atoms with Crippen LogP contribution in [0.25, 0.3) is 0 Å². The van der Waals surface area contributed by atoms with Crippen LogP contribution in [0, 0.1) is 6.92 Å². The number of hydrogen-bond acceptors (Lipinski definition) is 4. The molecule has 1 aliphatic heterocycles. The number of hydrogen-bond donors (Lipinski definition) is 2. The van der Waals surface area contributed by atoms with Crippen molar-refractivity contribution < 1.29 is 4.79 Å². The van der Waals surface area contributed by atoms with Crippen LogP contribution < -0.4 is 11.1 Å². The summed E-state index contributed by atoms with van der Waals surface area (Å²) < 4.78 is 0. The number of benzene rings is 1. The molecule has 14 heavy (non-hydrogen) atoms. The maximum atomic E-state index is 9.71. The van der Waals surface area contributed by atoms with Gasteiger partial charge in [-0.25, -0.2) is 4.99 Å². The maximum absolute atomic E-state index is 9.71. The van der Waals surface area contributed by atoms with Gasteiger partial charge >= 0.3 is 0 Å². The van der Waals surface area contributed by atoms with Gasteiger partial charge in [-0.15, -0.1) is 0 Å². The molecule has 0 saturated carbocycles. The first-order chi connectivity index (χ1) is 6.72. The Bertz CT molecular complexity index is 321. The standard InChI is InChI=1S/C7H8.C3H5N3O/c1-7-5-3-2-4-6-7;4-3-5-2(1-7)6-3/h2-6H,1H3;1-2H,(H3,4,5,6). The van der Waals surface area contributed by atoms with E-state index >= 15 is 0 Å². The Hall–Kier alpha value is -1.84. The van der Waals surface area contributed by atoms with Gasteiger partial charge in [0.1, 0.15) is 0 Å². The molecule has 0 aromatic heterocycles. The second-order valence-electron chi connectivity index (χ2n) is 2.89. The molecule has 1 atom stereocenters. The average Bonchev–Trinajstić information content (AvgIpc) is 2.15. The topological polar surface area (TPSA) is 67.5 Å². The van der Waals surface area contributed by atoms with E-state index in [2.05, 4.69) is 29.4 Å². The zero-order valence-corrected chi connectivity index (χ0v) is 7.97. The van der Waals surface area contributed by atoms with E-state index < -0.39 is 0 Å². The fourth-order valence-electron chi connectivity index (χ4n) is 0.904. The number of aliphatic imine (C=N–C) groups is 1. The van der Waals surface area contributed by atoms with E-state index in [-0.39, 0.29) is 6.17 Å². The Balaban J connectivity index is 0.000000140. The number of rotatable bonds is 1. The molecule has 1 aliphatic rings. The molecule has 2 rings (SSSR count). The molecule has 0 aliphatic carbocycles. The average molecular weight is 191 g/mol. The molecule has 1 heterocycles. The molecule has 4 heteroatoms. The van der Waals surface area contributed by atoms with E-state index in [1.165, 1.54) is 5.56 Å². The van der Waals surface area contributed by atoms with Crippen LogP contribution in [0.4, 0.5) is 0 Å². The summed E-state index contributed by atoms with van der Waals surface area (Å²) in [4.78, 5) is 13.3. The summed E-state index contributed by atoms with van der Waals surface area (Å²) in [6.45, 7) is 2.08. The summed E-state index contributed by atoms with van der Waals surface area (Å²) in [5.41, 5.74) is 6.35. The van der Waals surface area contributed by atoms with Crippen LogP contribution >= 0.6 is 0 Å². The van der Waals surface area contributed by atoms with Crippen molar-refractivity contribution in [2.75, 3.05) is 0 Å². The van der Waals surface area contributed by atoms with Crippen LogP contribution in [-0.2, 0) is 4.79 Å². The third-order valence-electron chi connectivity index (χ3n) is 1.64. The lowest BCUT2D eigenvalue weighted by Crippen LogP contribution is -2.49. The molecule has 0 bridgehead atoms. The first-order valence-corrected chi connectivity index (χ1v) is 4.29. The fourth-order valence-corrected chi connectivity index (χ4v) is 0.904. The molecule has 74 valence electrons. The third-order valence-corrected chi connectivity index (χ3v) is 1.64. The number of carbonyl (C=O) groups is 1. The van der Waals surface area contributed by atoms with Crippen molar-refractivity contribution >= 4 is 12.2 Å². The third kappa shape index (κ3) is 3.26. The van der Waals surface area contributed by atoms with Gasteiger partial charge in [0.05, 0.1) is 0 Å². The van der Waals surface area contributed by atoms with Gasteiger partial charge in [0.15, 0.2) is 18.4 Å². The number of aryl methyl sites for hydroxylation is 1. The van der Waals surface area contributed by atoms with Gasteiger partial charge in [0.25, 0.3) is 0 Å². The molecule has 0 spiro atoms. The summed E-state index contributed by atoms with van der Waals surface area (Å²) in [6.07, 6.45) is 0.316. The van der Waals surface area contributed by atoms with E-state index in [9.17, 15) is 4.79 Å². The van der Waals surface area contributed by atoms with E-state index in [0.29, 0.717) is 12.2 Å². The van der Waals surface area contributed by atoms with Gasteiger partial charge < -0.3 is 11.1 Å². The highest BCUT2D eigenvalue weighted by molar-refractivity contribution is 5.88. The lowest BCUT2D eigenvalue weighted by atomic mass is 10.2. The van der Waals surface area contributed by atoms with Gasteiger partial charge in [0, 0.05) is 0 Å². The number of nitrogens with two attached hydrogens (primary N) is 1. The molecule has 1 aromatic carbocycles. The van der Waals surface area contributed by atoms with E-state index in [1.54, 1.807) is 0 Å².